The number of aromatic amines is 1. The number of aromatic nitrogens is 3. The Hall–Kier alpha value is -3.71. The molecule has 3 heterocycles. The zero-order chi connectivity index (χ0) is 27.6. The van der Waals surface area contributed by atoms with Crippen LogP contribution in [0.5, 0.6) is 11.5 Å². The Labute approximate surface area is 228 Å². The molecule has 4 aromatic rings. The standard InChI is InChI=1S/C26H22F3N5O3S2/c1-30-24(36)21-13-17(6-8-31-21)37-16-4-5-19-20(12-16)34-25(33-19)32-15-3-2-14(18(11-15)26(27,28)29)10-22(35)23-7-9-38-39-23/h2-6,8,11-13,23H,7,9-10H2,1H3,(H,30,36)(H2,32,33,34). The Morgan fingerprint density at radius 2 is 1.95 bits per heavy atom. The molecule has 0 aliphatic carbocycles. The summed E-state index contributed by atoms with van der Waals surface area (Å²) in [5, 5.41) is 5.11. The number of nitrogens with zero attached hydrogens (tertiary/aromatic N) is 2. The van der Waals surface area contributed by atoms with Crippen LogP contribution < -0.4 is 15.4 Å². The summed E-state index contributed by atoms with van der Waals surface area (Å²) in [5.41, 5.74) is 0.638. The van der Waals surface area contributed by atoms with Gasteiger partial charge in [-0.05, 0) is 42.3 Å². The van der Waals surface area contributed by atoms with Crippen LogP contribution in [0, 0.1) is 0 Å². The van der Waals surface area contributed by atoms with Gasteiger partial charge >= 0.3 is 6.18 Å². The Balaban J connectivity index is 1.34. The minimum Gasteiger partial charge on any atom is -0.457 e. The first kappa shape index (κ1) is 26.9. The van der Waals surface area contributed by atoms with Gasteiger partial charge in [0, 0.05) is 43.2 Å². The summed E-state index contributed by atoms with van der Waals surface area (Å²) in [4.78, 5) is 35.7. The second-order valence-corrected chi connectivity index (χ2v) is 11.3. The number of nitrogens with one attached hydrogen (secondary N) is 3. The number of H-pyrrole nitrogens is 1. The molecule has 5 rings (SSSR count). The number of anilines is 2. The number of amides is 1. The lowest BCUT2D eigenvalue weighted by atomic mass is 9.99. The zero-order valence-corrected chi connectivity index (χ0v) is 22.1. The molecule has 202 valence electrons. The van der Waals surface area contributed by atoms with E-state index in [2.05, 4.69) is 25.6 Å². The second kappa shape index (κ2) is 11.2. The number of benzene rings is 2. The molecule has 3 N–H and O–H groups in total. The largest absolute Gasteiger partial charge is 0.457 e. The monoisotopic (exact) mass is 573 g/mol. The van der Waals surface area contributed by atoms with Crippen LogP contribution in [0.3, 0.4) is 0 Å². The molecule has 0 radical (unpaired) electrons. The molecule has 1 saturated heterocycles. The summed E-state index contributed by atoms with van der Waals surface area (Å²) in [7, 11) is 4.50. The van der Waals surface area contributed by atoms with Gasteiger partial charge in [0.25, 0.3) is 5.91 Å². The number of imidazole rings is 1. The van der Waals surface area contributed by atoms with Gasteiger partial charge in [-0.15, -0.1) is 0 Å². The molecule has 1 unspecified atom stereocenters. The van der Waals surface area contributed by atoms with Gasteiger partial charge in [-0.1, -0.05) is 27.7 Å². The average molecular weight is 574 g/mol. The van der Waals surface area contributed by atoms with Crippen LogP contribution in [0.4, 0.5) is 24.8 Å². The third-order valence-corrected chi connectivity index (χ3v) is 8.80. The van der Waals surface area contributed by atoms with Crippen molar-refractivity contribution in [2.75, 3.05) is 18.1 Å². The van der Waals surface area contributed by atoms with Gasteiger partial charge in [-0.3, -0.25) is 14.6 Å². The SMILES string of the molecule is CNC(=O)c1cc(Oc2ccc3nc(Nc4ccc(CC(=O)C5CCSS5)c(C(F)(F)F)c4)[nH]c3c2)ccn1. The van der Waals surface area contributed by atoms with Crippen molar-refractivity contribution in [3.8, 4) is 11.5 Å². The van der Waals surface area contributed by atoms with Crippen LogP contribution in [0.1, 0.15) is 28.0 Å². The number of ether oxygens (including phenoxy) is 1. The van der Waals surface area contributed by atoms with Crippen molar-refractivity contribution in [2.45, 2.75) is 24.3 Å². The molecule has 2 aromatic carbocycles. The van der Waals surface area contributed by atoms with E-state index in [-0.39, 0.29) is 46.3 Å². The van der Waals surface area contributed by atoms with Gasteiger partial charge in [0.2, 0.25) is 5.95 Å². The van der Waals surface area contributed by atoms with Gasteiger partial charge in [0.1, 0.15) is 17.2 Å². The molecular weight excluding hydrogens is 551 g/mol. The molecule has 39 heavy (non-hydrogen) atoms. The number of hydrogen-bond acceptors (Lipinski definition) is 8. The summed E-state index contributed by atoms with van der Waals surface area (Å²) in [6.45, 7) is 0. The number of pyridine rings is 1. The Bertz CT molecular complexity index is 1540. The maximum atomic E-state index is 13.9. The van der Waals surface area contributed by atoms with E-state index in [1.54, 1.807) is 35.1 Å². The van der Waals surface area contributed by atoms with Crippen molar-refractivity contribution >= 4 is 55.9 Å². The molecule has 2 aromatic heterocycles. The number of ketones is 1. The van der Waals surface area contributed by atoms with Gasteiger partial charge in [0.05, 0.1) is 21.8 Å². The number of halogens is 3. The second-order valence-electron chi connectivity index (χ2n) is 8.66. The predicted molar refractivity (Wildman–Crippen MR) is 146 cm³/mol. The van der Waals surface area contributed by atoms with E-state index in [1.807, 2.05) is 0 Å². The van der Waals surface area contributed by atoms with Crippen LogP contribution in [0.25, 0.3) is 11.0 Å². The lowest BCUT2D eigenvalue weighted by Crippen LogP contribution is -2.19. The van der Waals surface area contributed by atoms with Crippen molar-refractivity contribution in [3.63, 3.8) is 0 Å². The van der Waals surface area contributed by atoms with Crippen LogP contribution in [0.2, 0.25) is 0 Å². The first-order valence-electron chi connectivity index (χ1n) is 11.8. The third-order valence-electron chi connectivity index (χ3n) is 5.93. The smallest absolute Gasteiger partial charge is 0.416 e. The lowest BCUT2D eigenvalue weighted by Gasteiger charge is -2.15. The fourth-order valence-corrected chi connectivity index (χ4v) is 6.86. The van der Waals surface area contributed by atoms with Crippen molar-refractivity contribution in [3.05, 3.63) is 71.5 Å². The highest BCUT2D eigenvalue weighted by molar-refractivity contribution is 8.77. The average Bonchev–Trinajstić information content (AvgIpc) is 3.58. The van der Waals surface area contributed by atoms with E-state index in [4.69, 9.17) is 4.74 Å². The summed E-state index contributed by atoms with van der Waals surface area (Å²) < 4.78 is 47.4. The van der Waals surface area contributed by atoms with Crippen LogP contribution >= 0.6 is 21.6 Å². The molecule has 1 amide bonds. The first-order chi connectivity index (χ1) is 18.7. The number of carbonyl (C=O) groups excluding carboxylic acids is 2. The highest BCUT2D eigenvalue weighted by atomic mass is 33.1. The van der Waals surface area contributed by atoms with Gasteiger partial charge in [-0.2, -0.15) is 13.2 Å². The number of carbonyl (C=O) groups is 2. The summed E-state index contributed by atoms with van der Waals surface area (Å²) in [6.07, 6.45) is -2.74. The fourth-order valence-electron chi connectivity index (χ4n) is 4.03. The van der Waals surface area contributed by atoms with Crippen molar-refractivity contribution in [1.29, 1.82) is 0 Å². The number of rotatable bonds is 8. The Morgan fingerprint density at radius 1 is 1.13 bits per heavy atom. The molecule has 13 heteroatoms. The van der Waals surface area contributed by atoms with E-state index in [1.165, 1.54) is 42.2 Å². The number of Topliss-reactive ketones (excluding diaryl/α,β-unsaturated/α-hetero) is 1. The molecule has 1 aliphatic heterocycles. The van der Waals surface area contributed by atoms with E-state index in [9.17, 15) is 22.8 Å². The van der Waals surface area contributed by atoms with E-state index in [0.29, 0.717) is 29.0 Å². The van der Waals surface area contributed by atoms with Gasteiger partial charge in [0.15, 0.2) is 5.78 Å². The quantitative estimate of drug-likeness (QED) is 0.216. The van der Waals surface area contributed by atoms with Gasteiger partial charge < -0.3 is 20.4 Å². The zero-order valence-electron chi connectivity index (χ0n) is 20.5. The number of fused-ring (bicyclic) bond motifs is 1. The van der Waals surface area contributed by atoms with Crippen molar-refractivity contribution < 1.29 is 27.5 Å². The molecule has 1 atom stereocenters. The minimum absolute atomic E-state index is 0.0439. The molecule has 8 nitrogen and oxygen atoms in total. The predicted octanol–water partition coefficient (Wildman–Crippen LogP) is 6.14. The summed E-state index contributed by atoms with van der Waals surface area (Å²) >= 11 is 0. The van der Waals surface area contributed by atoms with E-state index in [0.717, 1.165) is 11.8 Å². The molecule has 0 bridgehead atoms. The normalized spacial score (nSPS) is 15.3. The topological polar surface area (TPSA) is 109 Å². The minimum atomic E-state index is -4.62. The fraction of sp³-hybridized carbons (Fsp3) is 0.231. The molecule has 1 fully saturated rings. The van der Waals surface area contributed by atoms with Crippen LogP contribution in [-0.4, -0.2) is 44.7 Å². The lowest BCUT2D eigenvalue weighted by molar-refractivity contribution is -0.138. The van der Waals surface area contributed by atoms with E-state index >= 15 is 0 Å². The molecule has 0 saturated carbocycles. The molecular formula is C26H22F3N5O3S2. The highest BCUT2D eigenvalue weighted by Crippen LogP contribution is 2.40. The van der Waals surface area contributed by atoms with Crippen molar-refractivity contribution in [1.82, 2.24) is 20.3 Å². The maximum absolute atomic E-state index is 13.9. The molecule has 1 aliphatic rings. The first-order valence-corrected chi connectivity index (χ1v) is 14.2. The van der Waals surface area contributed by atoms with Crippen molar-refractivity contribution in [2.24, 2.45) is 0 Å². The highest BCUT2D eigenvalue weighted by Gasteiger charge is 2.35. The molecule has 0 spiro atoms. The summed E-state index contributed by atoms with van der Waals surface area (Å²) in [5.74, 6) is 1.39. The number of hydrogen-bond donors (Lipinski definition) is 3. The third kappa shape index (κ3) is 6.31. The van der Waals surface area contributed by atoms with Gasteiger partial charge in [-0.25, -0.2) is 4.98 Å². The van der Waals surface area contributed by atoms with Crippen LogP contribution in [-0.2, 0) is 17.4 Å². The van der Waals surface area contributed by atoms with Crippen LogP contribution in [0.15, 0.2) is 54.7 Å². The Morgan fingerprint density at radius 3 is 2.69 bits per heavy atom. The number of alkyl halides is 3. The Kier molecular flexibility index (Phi) is 7.71. The van der Waals surface area contributed by atoms with E-state index < -0.39 is 11.7 Å². The maximum Gasteiger partial charge on any atom is 0.416 e. The summed E-state index contributed by atoms with van der Waals surface area (Å²) in [6, 6.07) is 12.0.